The molecule has 3 rings (SSSR count). The molecule has 0 radical (unpaired) electrons. The van der Waals surface area contributed by atoms with Crippen molar-refractivity contribution in [1.82, 2.24) is 15.2 Å². The molecule has 1 saturated heterocycles. The number of nitrogens with one attached hydrogen (secondary N) is 1. The molecule has 3 unspecified atom stereocenters. The lowest BCUT2D eigenvalue weighted by Crippen LogP contribution is -2.36. The average molecular weight is 322 g/mol. The number of halogens is 1. The van der Waals surface area contributed by atoms with E-state index in [2.05, 4.69) is 41.3 Å². The van der Waals surface area contributed by atoms with Gasteiger partial charge in [0, 0.05) is 35.2 Å². The summed E-state index contributed by atoms with van der Waals surface area (Å²) in [4.78, 5) is 6.82. The summed E-state index contributed by atoms with van der Waals surface area (Å²) in [6.07, 6.45) is 3.02. The molecular formula is C16H20ClN3S. The molecule has 0 bridgehead atoms. The predicted octanol–water partition coefficient (Wildman–Crippen LogP) is 3.89. The fourth-order valence-electron chi connectivity index (χ4n) is 3.11. The third-order valence-corrected chi connectivity index (χ3v) is 5.36. The van der Waals surface area contributed by atoms with Gasteiger partial charge in [0.2, 0.25) is 0 Å². The number of hydrogen-bond donors (Lipinski definition) is 1. The second-order valence-corrected chi connectivity index (χ2v) is 6.99. The lowest BCUT2D eigenvalue weighted by Gasteiger charge is -2.28. The van der Waals surface area contributed by atoms with Crippen molar-refractivity contribution in [1.29, 1.82) is 0 Å². The largest absolute Gasteiger partial charge is 0.303 e. The van der Waals surface area contributed by atoms with E-state index in [1.54, 1.807) is 11.3 Å². The van der Waals surface area contributed by atoms with Crippen molar-refractivity contribution in [3.8, 4) is 0 Å². The summed E-state index contributed by atoms with van der Waals surface area (Å²) in [7, 11) is 2.19. The van der Waals surface area contributed by atoms with Gasteiger partial charge in [-0.1, -0.05) is 23.7 Å². The number of aromatic nitrogens is 1. The summed E-state index contributed by atoms with van der Waals surface area (Å²) >= 11 is 7.72. The van der Waals surface area contributed by atoms with Crippen molar-refractivity contribution in [3.63, 3.8) is 0 Å². The van der Waals surface area contributed by atoms with Crippen LogP contribution in [0.1, 0.15) is 36.0 Å². The zero-order chi connectivity index (χ0) is 14.8. The van der Waals surface area contributed by atoms with E-state index in [1.165, 1.54) is 5.56 Å². The predicted molar refractivity (Wildman–Crippen MR) is 88.9 cm³/mol. The monoisotopic (exact) mass is 321 g/mol. The third kappa shape index (κ3) is 3.29. The molecule has 1 N–H and O–H groups in total. The Morgan fingerprint density at radius 2 is 2.14 bits per heavy atom. The number of benzene rings is 1. The summed E-state index contributed by atoms with van der Waals surface area (Å²) in [5.74, 6) is 0. The van der Waals surface area contributed by atoms with E-state index < -0.39 is 0 Å². The summed E-state index contributed by atoms with van der Waals surface area (Å²) in [5.41, 5.74) is 1.32. The highest BCUT2D eigenvalue weighted by Crippen LogP contribution is 2.33. The Kier molecular flexibility index (Phi) is 4.60. The minimum atomic E-state index is 0.288. The van der Waals surface area contributed by atoms with Crippen molar-refractivity contribution >= 4 is 22.9 Å². The van der Waals surface area contributed by atoms with Crippen LogP contribution in [0.25, 0.3) is 0 Å². The highest BCUT2D eigenvalue weighted by atomic mass is 35.5. The molecule has 2 aromatic rings. The first kappa shape index (κ1) is 15.0. The molecule has 1 aliphatic rings. The zero-order valence-corrected chi connectivity index (χ0v) is 13.9. The van der Waals surface area contributed by atoms with Gasteiger partial charge in [0.25, 0.3) is 0 Å². The summed E-state index contributed by atoms with van der Waals surface area (Å²) in [6.45, 7) is 3.30. The number of hydrogen-bond acceptors (Lipinski definition) is 4. The molecule has 112 valence electrons. The molecular weight excluding hydrogens is 302 g/mol. The molecule has 0 amide bonds. The van der Waals surface area contributed by atoms with Crippen LogP contribution in [0.5, 0.6) is 0 Å². The molecule has 0 spiro atoms. The smallest absolute Gasteiger partial charge is 0.109 e. The van der Waals surface area contributed by atoms with Crippen LogP contribution >= 0.6 is 22.9 Å². The van der Waals surface area contributed by atoms with Gasteiger partial charge in [-0.05, 0) is 38.1 Å². The maximum absolute atomic E-state index is 6.01. The molecule has 5 heteroatoms. The van der Waals surface area contributed by atoms with Crippen LogP contribution in [0, 0.1) is 0 Å². The van der Waals surface area contributed by atoms with Gasteiger partial charge in [-0.2, -0.15) is 0 Å². The normalized spacial score (nSPS) is 24.3. The molecule has 1 aliphatic heterocycles. The van der Waals surface area contributed by atoms with Crippen molar-refractivity contribution in [2.75, 3.05) is 13.6 Å². The fourth-order valence-corrected chi connectivity index (χ4v) is 3.89. The molecule has 1 fully saturated rings. The van der Waals surface area contributed by atoms with E-state index in [9.17, 15) is 0 Å². The average Bonchev–Trinajstić information content (AvgIpc) is 3.11. The van der Waals surface area contributed by atoms with Gasteiger partial charge in [-0.15, -0.1) is 11.3 Å². The van der Waals surface area contributed by atoms with E-state index in [0.717, 1.165) is 23.0 Å². The van der Waals surface area contributed by atoms with Crippen molar-refractivity contribution in [2.45, 2.75) is 31.5 Å². The number of likely N-dealkylation sites (tertiary alicyclic amines) is 1. The summed E-state index contributed by atoms with van der Waals surface area (Å²) < 4.78 is 0. The van der Waals surface area contributed by atoms with E-state index in [4.69, 9.17) is 11.6 Å². The van der Waals surface area contributed by atoms with Gasteiger partial charge in [-0.3, -0.25) is 4.90 Å². The molecule has 1 aromatic heterocycles. The van der Waals surface area contributed by atoms with E-state index in [1.807, 2.05) is 23.7 Å². The fraction of sp³-hybridized carbons (Fsp3) is 0.438. The first-order chi connectivity index (χ1) is 10.1. The van der Waals surface area contributed by atoms with Crippen LogP contribution in [-0.2, 0) is 0 Å². The van der Waals surface area contributed by atoms with Gasteiger partial charge in [-0.25, -0.2) is 4.98 Å². The van der Waals surface area contributed by atoms with Crippen molar-refractivity contribution in [2.24, 2.45) is 0 Å². The Labute approximate surface area is 135 Å². The van der Waals surface area contributed by atoms with E-state index in [0.29, 0.717) is 12.1 Å². The number of thiazole rings is 1. The topological polar surface area (TPSA) is 28.2 Å². The minimum absolute atomic E-state index is 0.288. The van der Waals surface area contributed by atoms with Crippen molar-refractivity contribution < 1.29 is 0 Å². The van der Waals surface area contributed by atoms with E-state index >= 15 is 0 Å². The van der Waals surface area contributed by atoms with Gasteiger partial charge < -0.3 is 5.32 Å². The van der Waals surface area contributed by atoms with Crippen molar-refractivity contribution in [3.05, 3.63) is 51.4 Å². The number of nitrogens with zero attached hydrogens (tertiary/aromatic N) is 2. The van der Waals surface area contributed by atoms with Gasteiger partial charge in [0.15, 0.2) is 0 Å². The van der Waals surface area contributed by atoms with Crippen LogP contribution in [0.4, 0.5) is 0 Å². The highest BCUT2D eigenvalue weighted by Gasteiger charge is 2.33. The van der Waals surface area contributed by atoms with Crippen LogP contribution in [0.15, 0.2) is 35.8 Å². The standard InChI is InChI=1S/C16H20ClN3S/c1-11(16-18-8-10-21-16)19-14-7-9-20(2)15(14)12-3-5-13(17)6-4-12/h3-6,8,10-11,14-15,19H,7,9H2,1-2H3. The quantitative estimate of drug-likeness (QED) is 0.926. The van der Waals surface area contributed by atoms with Crippen LogP contribution in [0.2, 0.25) is 5.02 Å². The highest BCUT2D eigenvalue weighted by molar-refractivity contribution is 7.09. The lowest BCUT2D eigenvalue weighted by molar-refractivity contribution is 0.278. The van der Waals surface area contributed by atoms with E-state index in [-0.39, 0.29) is 6.04 Å². The second-order valence-electron chi connectivity index (χ2n) is 5.63. The Hall–Kier alpha value is -0.940. The van der Waals surface area contributed by atoms with Crippen LogP contribution in [-0.4, -0.2) is 29.5 Å². The number of rotatable bonds is 4. The first-order valence-corrected chi connectivity index (χ1v) is 8.52. The molecule has 3 atom stereocenters. The molecule has 1 aromatic carbocycles. The van der Waals surface area contributed by atoms with Gasteiger partial charge in [0.05, 0.1) is 6.04 Å². The Balaban J connectivity index is 1.76. The Morgan fingerprint density at radius 1 is 1.38 bits per heavy atom. The van der Waals surface area contributed by atoms with Crippen LogP contribution < -0.4 is 5.32 Å². The molecule has 2 heterocycles. The molecule has 0 aliphatic carbocycles. The second kappa shape index (κ2) is 6.44. The molecule has 3 nitrogen and oxygen atoms in total. The summed E-state index contributed by atoms with van der Waals surface area (Å²) in [6, 6.07) is 9.35. The Morgan fingerprint density at radius 3 is 2.81 bits per heavy atom. The number of likely N-dealkylation sites (N-methyl/N-ethyl adjacent to an activating group) is 1. The van der Waals surface area contributed by atoms with Crippen LogP contribution in [0.3, 0.4) is 0 Å². The Bertz CT molecular complexity index is 570. The third-order valence-electron chi connectivity index (χ3n) is 4.15. The minimum Gasteiger partial charge on any atom is -0.303 e. The van der Waals surface area contributed by atoms with Gasteiger partial charge >= 0.3 is 0 Å². The molecule has 21 heavy (non-hydrogen) atoms. The first-order valence-electron chi connectivity index (χ1n) is 7.26. The zero-order valence-electron chi connectivity index (χ0n) is 12.3. The SMILES string of the molecule is CC(NC1CCN(C)C1c1ccc(Cl)cc1)c1nccs1. The summed E-state index contributed by atoms with van der Waals surface area (Å²) in [5, 5.41) is 7.72. The molecule has 0 saturated carbocycles. The van der Waals surface area contributed by atoms with Gasteiger partial charge in [0.1, 0.15) is 5.01 Å². The maximum atomic E-state index is 6.01. The lowest BCUT2D eigenvalue weighted by atomic mass is 9.99. The maximum Gasteiger partial charge on any atom is 0.109 e.